The van der Waals surface area contributed by atoms with Crippen LogP contribution in [0.2, 0.25) is 0 Å². The van der Waals surface area contributed by atoms with Crippen molar-refractivity contribution in [3.63, 3.8) is 0 Å². The lowest BCUT2D eigenvalue weighted by Gasteiger charge is -2.18. The molecule has 1 aromatic heterocycles. The zero-order valence-electron chi connectivity index (χ0n) is 14.5. The van der Waals surface area contributed by atoms with Crippen molar-refractivity contribution in [2.75, 3.05) is 26.3 Å². The number of esters is 1. The van der Waals surface area contributed by atoms with Gasteiger partial charge in [0.05, 0.1) is 0 Å². The van der Waals surface area contributed by atoms with Gasteiger partial charge >= 0.3 is 11.6 Å². The smallest absolute Gasteiger partial charge is 0.344 e. The number of ether oxygens (including phenoxy) is 2. The summed E-state index contributed by atoms with van der Waals surface area (Å²) in [6.45, 7) is 5.99. The van der Waals surface area contributed by atoms with E-state index in [1.54, 1.807) is 17.0 Å². The zero-order valence-corrected chi connectivity index (χ0v) is 14.5. The molecule has 0 bridgehead atoms. The average molecular weight is 347 g/mol. The minimum absolute atomic E-state index is 0.249. The first-order valence-corrected chi connectivity index (χ1v) is 8.05. The molecule has 0 spiro atoms. The normalized spacial score (nSPS) is 10.5. The first-order valence-electron chi connectivity index (χ1n) is 8.05. The molecule has 0 unspecified atom stereocenters. The molecule has 25 heavy (non-hydrogen) atoms. The molecule has 0 radical (unpaired) electrons. The highest BCUT2D eigenvalue weighted by molar-refractivity contribution is 5.82. The van der Waals surface area contributed by atoms with Gasteiger partial charge in [0.15, 0.2) is 13.2 Å². The molecule has 1 heterocycles. The van der Waals surface area contributed by atoms with Crippen LogP contribution in [0.5, 0.6) is 5.75 Å². The van der Waals surface area contributed by atoms with Gasteiger partial charge in [0.1, 0.15) is 11.3 Å². The molecule has 134 valence electrons. The van der Waals surface area contributed by atoms with Gasteiger partial charge in [0, 0.05) is 30.6 Å². The van der Waals surface area contributed by atoms with E-state index >= 15 is 0 Å². The predicted octanol–water partition coefficient (Wildman–Crippen LogP) is 1.89. The van der Waals surface area contributed by atoms with E-state index in [0.717, 1.165) is 10.9 Å². The van der Waals surface area contributed by atoms with E-state index in [1.165, 1.54) is 12.1 Å². The Hall–Kier alpha value is -2.83. The Morgan fingerprint density at radius 2 is 1.84 bits per heavy atom. The Kier molecular flexibility index (Phi) is 6.16. The maximum atomic E-state index is 11.8. The molecule has 0 aliphatic carbocycles. The summed E-state index contributed by atoms with van der Waals surface area (Å²) < 4.78 is 15.4. The molecule has 0 atom stereocenters. The van der Waals surface area contributed by atoms with Gasteiger partial charge < -0.3 is 18.8 Å². The molecule has 2 rings (SSSR count). The molecule has 2 aromatic rings. The van der Waals surface area contributed by atoms with E-state index in [4.69, 9.17) is 13.9 Å². The highest BCUT2D eigenvalue weighted by Crippen LogP contribution is 2.22. The van der Waals surface area contributed by atoms with Gasteiger partial charge in [-0.1, -0.05) is 0 Å². The largest absolute Gasteiger partial charge is 0.482 e. The first-order chi connectivity index (χ1) is 11.9. The minimum atomic E-state index is -0.647. The Morgan fingerprint density at radius 3 is 2.52 bits per heavy atom. The number of carbonyl (C=O) groups is 2. The fourth-order valence-electron chi connectivity index (χ4n) is 2.39. The standard InChI is InChI=1S/C18H21NO6/c1-4-19(5-2)16(20)10-24-18(22)11-23-13-6-7-14-12(3)8-17(21)25-15(14)9-13/h6-9H,4-5,10-11H2,1-3H3. The fourth-order valence-corrected chi connectivity index (χ4v) is 2.39. The van der Waals surface area contributed by atoms with Crippen molar-refractivity contribution in [3.05, 3.63) is 40.2 Å². The first kappa shape index (κ1) is 18.5. The van der Waals surface area contributed by atoms with Gasteiger partial charge in [-0.25, -0.2) is 9.59 Å². The third-order valence-corrected chi connectivity index (χ3v) is 3.75. The van der Waals surface area contributed by atoms with Crippen LogP contribution in [-0.4, -0.2) is 43.1 Å². The second-order valence-corrected chi connectivity index (χ2v) is 5.42. The molecule has 0 aliphatic heterocycles. The summed E-state index contributed by atoms with van der Waals surface area (Å²) in [5.74, 6) is -0.527. The van der Waals surface area contributed by atoms with Gasteiger partial charge in [-0.2, -0.15) is 0 Å². The molecule has 7 nitrogen and oxygen atoms in total. The molecule has 7 heteroatoms. The van der Waals surface area contributed by atoms with Crippen LogP contribution in [0.3, 0.4) is 0 Å². The number of aryl methyl sites for hydroxylation is 1. The lowest BCUT2D eigenvalue weighted by molar-refractivity contribution is -0.153. The van der Waals surface area contributed by atoms with Crippen molar-refractivity contribution < 1.29 is 23.5 Å². The van der Waals surface area contributed by atoms with Crippen molar-refractivity contribution in [2.45, 2.75) is 20.8 Å². The monoisotopic (exact) mass is 347 g/mol. The third kappa shape index (κ3) is 4.82. The fraction of sp³-hybridized carbons (Fsp3) is 0.389. The summed E-state index contributed by atoms with van der Waals surface area (Å²) in [4.78, 5) is 36.4. The van der Waals surface area contributed by atoms with Crippen molar-refractivity contribution in [1.82, 2.24) is 4.90 Å². The zero-order chi connectivity index (χ0) is 18.4. The maximum absolute atomic E-state index is 11.8. The quantitative estimate of drug-likeness (QED) is 0.562. The molecular weight excluding hydrogens is 326 g/mol. The van der Waals surface area contributed by atoms with Crippen LogP contribution in [0.4, 0.5) is 0 Å². The summed E-state index contributed by atoms with van der Waals surface area (Å²) >= 11 is 0. The second-order valence-electron chi connectivity index (χ2n) is 5.42. The van der Waals surface area contributed by atoms with Gasteiger partial charge in [-0.05, 0) is 38.5 Å². The number of amides is 1. The van der Waals surface area contributed by atoms with Gasteiger partial charge in [-0.3, -0.25) is 4.79 Å². The summed E-state index contributed by atoms with van der Waals surface area (Å²) in [6.07, 6.45) is 0. The molecule has 1 aromatic carbocycles. The number of hydrogen-bond acceptors (Lipinski definition) is 6. The van der Waals surface area contributed by atoms with Crippen molar-refractivity contribution in [1.29, 1.82) is 0 Å². The highest BCUT2D eigenvalue weighted by atomic mass is 16.6. The maximum Gasteiger partial charge on any atom is 0.344 e. The third-order valence-electron chi connectivity index (χ3n) is 3.75. The number of nitrogens with zero attached hydrogens (tertiary/aromatic N) is 1. The molecular formula is C18H21NO6. The molecule has 0 saturated carbocycles. The summed E-state index contributed by atoms with van der Waals surface area (Å²) in [5.41, 5.74) is 0.733. The average Bonchev–Trinajstić information content (AvgIpc) is 2.58. The van der Waals surface area contributed by atoms with Crippen LogP contribution in [0, 0.1) is 6.92 Å². The lowest BCUT2D eigenvalue weighted by atomic mass is 10.1. The van der Waals surface area contributed by atoms with E-state index in [-0.39, 0.29) is 19.1 Å². The number of hydrogen-bond donors (Lipinski definition) is 0. The van der Waals surface area contributed by atoms with Gasteiger partial charge in [0.2, 0.25) is 0 Å². The molecule has 0 saturated heterocycles. The summed E-state index contributed by atoms with van der Waals surface area (Å²) in [7, 11) is 0. The molecule has 0 N–H and O–H groups in total. The highest BCUT2D eigenvalue weighted by Gasteiger charge is 2.13. The summed E-state index contributed by atoms with van der Waals surface area (Å²) in [6, 6.07) is 6.37. The number of likely N-dealkylation sites (N-methyl/N-ethyl adjacent to an activating group) is 1. The summed E-state index contributed by atoms with van der Waals surface area (Å²) in [5, 5.41) is 0.791. The van der Waals surface area contributed by atoms with Gasteiger partial charge in [0.25, 0.3) is 5.91 Å². The van der Waals surface area contributed by atoms with Crippen LogP contribution in [-0.2, 0) is 14.3 Å². The Balaban J connectivity index is 1.92. The number of carbonyl (C=O) groups excluding carboxylic acids is 2. The van der Waals surface area contributed by atoms with E-state index < -0.39 is 11.6 Å². The Labute approximate surface area is 145 Å². The molecule has 0 aliphatic rings. The van der Waals surface area contributed by atoms with Crippen LogP contribution < -0.4 is 10.4 Å². The van der Waals surface area contributed by atoms with E-state index in [2.05, 4.69) is 0 Å². The number of benzene rings is 1. The molecule has 0 fully saturated rings. The minimum Gasteiger partial charge on any atom is -0.482 e. The van der Waals surface area contributed by atoms with Crippen LogP contribution in [0.25, 0.3) is 11.0 Å². The second kappa shape index (κ2) is 8.32. The van der Waals surface area contributed by atoms with Crippen molar-refractivity contribution in [3.8, 4) is 5.75 Å². The SMILES string of the molecule is CCN(CC)C(=O)COC(=O)COc1ccc2c(C)cc(=O)oc2c1. The van der Waals surface area contributed by atoms with Crippen LogP contribution >= 0.6 is 0 Å². The van der Waals surface area contributed by atoms with Crippen molar-refractivity contribution >= 4 is 22.8 Å². The topological polar surface area (TPSA) is 86.0 Å². The van der Waals surface area contributed by atoms with Gasteiger partial charge in [-0.15, -0.1) is 0 Å². The lowest BCUT2D eigenvalue weighted by Crippen LogP contribution is -2.34. The predicted molar refractivity (Wildman–Crippen MR) is 91.6 cm³/mol. The number of rotatable bonds is 7. The van der Waals surface area contributed by atoms with E-state index in [0.29, 0.717) is 24.4 Å². The Morgan fingerprint density at radius 1 is 1.12 bits per heavy atom. The van der Waals surface area contributed by atoms with E-state index in [1.807, 2.05) is 20.8 Å². The Bertz CT molecular complexity index is 822. The van der Waals surface area contributed by atoms with Crippen LogP contribution in [0.1, 0.15) is 19.4 Å². The van der Waals surface area contributed by atoms with Crippen LogP contribution in [0.15, 0.2) is 33.5 Å². The number of fused-ring (bicyclic) bond motifs is 1. The van der Waals surface area contributed by atoms with E-state index in [9.17, 15) is 14.4 Å². The molecule has 1 amide bonds. The van der Waals surface area contributed by atoms with Crippen molar-refractivity contribution in [2.24, 2.45) is 0 Å².